The molecule has 3 aromatic rings. The fourth-order valence-corrected chi connectivity index (χ4v) is 4.66. The lowest BCUT2D eigenvalue weighted by atomic mass is 9.90. The molecule has 7 nitrogen and oxygen atoms in total. The summed E-state index contributed by atoms with van der Waals surface area (Å²) in [6.07, 6.45) is 8.29. The Morgan fingerprint density at radius 3 is 2.68 bits per heavy atom. The predicted octanol–water partition coefficient (Wildman–Crippen LogP) is 4.30. The van der Waals surface area contributed by atoms with Crippen molar-refractivity contribution in [2.24, 2.45) is 17.8 Å². The van der Waals surface area contributed by atoms with E-state index in [2.05, 4.69) is 25.1 Å². The molecule has 0 spiro atoms. The van der Waals surface area contributed by atoms with Crippen LogP contribution in [0.3, 0.4) is 0 Å². The molecule has 0 bridgehead atoms. The average Bonchev–Trinajstić information content (AvgIpc) is 3.45. The SMILES string of the molecule is Cc1nnc(-c2ccc(OCC[C@H]3C[C@H]3C3CCN(c4ncccn4)CC3)cc2F)o1. The highest BCUT2D eigenvalue weighted by Crippen LogP contribution is 2.49. The van der Waals surface area contributed by atoms with Gasteiger partial charge in [-0.3, -0.25) is 0 Å². The lowest BCUT2D eigenvalue weighted by molar-refractivity contribution is 0.283. The largest absolute Gasteiger partial charge is 0.493 e. The number of piperidine rings is 1. The number of halogens is 1. The molecule has 1 saturated heterocycles. The fourth-order valence-electron chi connectivity index (χ4n) is 4.66. The van der Waals surface area contributed by atoms with E-state index in [9.17, 15) is 4.39 Å². The number of hydrogen-bond acceptors (Lipinski definition) is 7. The van der Waals surface area contributed by atoms with Crippen LogP contribution in [0.25, 0.3) is 11.5 Å². The number of nitrogens with zero attached hydrogens (tertiary/aromatic N) is 5. The van der Waals surface area contributed by atoms with Gasteiger partial charge in [0.05, 0.1) is 12.2 Å². The van der Waals surface area contributed by atoms with E-state index in [-0.39, 0.29) is 5.89 Å². The molecule has 2 atom stereocenters. The van der Waals surface area contributed by atoms with Crippen LogP contribution < -0.4 is 9.64 Å². The Balaban J connectivity index is 1.06. The lowest BCUT2D eigenvalue weighted by Crippen LogP contribution is -2.35. The number of benzene rings is 1. The van der Waals surface area contributed by atoms with Gasteiger partial charge in [0, 0.05) is 38.5 Å². The average molecular weight is 423 g/mol. The maximum atomic E-state index is 14.4. The monoisotopic (exact) mass is 423 g/mol. The Hall–Kier alpha value is -3.03. The molecule has 0 N–H and O–H groups in total. The second-order valence-electron chi connectivity index (χ2n) is 8.44. The van der Waals surface area contributed by atoms with Gasteiger partial charge < -0.3 is 14.1 Å². The third kappa shape index (κ3) is 4.52. The Bertz CT molecular complexity index is 1020. The molecule has 0 radical (unpaired) electrons. The first-order valence-corrected chi connectivity index (χ1v) is 10.9. The number of aromatic nitrogens is 4. The number of anilines is 1. The van der Waals surface area contributed by atoms with Gasteiger partial charge in [0.25, 0.3) is 5.89 Å². The molecule has 1 saturated carbocycles. The zero-order valence-electron chi connectivity index (χ0n) is 17.6. The Morgan fingerprint density at radius 1 is 1.16 bits per heavy atom. The second-order valence-corrected chi connectivity index (χ2v) is 8.44. The van der Waals surface area contributed by atoms with Gasteiger partial charge in [-0.05, 0) is 61.6 Å². The van der Waals surface area contributed by atoms with Crippen LogP contribution in [0.1, 0.15) is 31.6 Å². The standard InChI is InChI=1S/C23H26FN5O2/c1-15-27-28-22(31-15)19-4-3-18(14-21(19)24)30-12-7-17-13-20(17)16-5-10-29(11-6-16)23-25-8-2-9-26-23/h2-4,8-9,14,16-17,20H,5-7,10-13H2,1H3/t17-,20-/m0/s1. The van der Waals surface area contributed by atoms with Crippen LogP contribution in [0.4, 0.5) is 10.3 Å². The first-order valence-electron chi connectivity index (χ1n) is 10.9. The summed E-state index contributed by atoms with van der Waals surface area (Å²) in [6.45, 7) is 4.34. The second kappa shape index (κ2) is 8.61. The Labute approximate surface area is 180 Å². The topological polar surface area (TPSA) is 77.2 Å². The molecule has 3 heterocycles. The number of rotatable bonds is 7. The zero-order valence-corrected chi connectivity index (χ0v) is 17.6. The lowest BCUT2D eigenvalue weighted by Gasteiger charge is -2.32. The van der Waals surface area contributed by atoms with Gasteiger partial charge in [-0.2, -0.15) is 0 Å². The van der Waals surface area contributed by atoms with Crippen LogP contribution in [0, 0.1) is 30.5 Å². The predicted molar refractivity (Wildman–Crippen MR) is 113 cm³/mol. The fraction of sp³-hybridized carbons (Fsp3) is 0.478. The van der Waals surface area contributed by atoms with Crippen molar-refractivity contribution in [2.75, 3.05) is 24.6 Å². The molecule has 2 aliphatic rings. The molecule has 31 heavy (non-hydrogen) atoms. The minimum atomic E-state index is -0.417. The maximum Gasteiger partial charge on any atom is 0.250 e. The number of hydrogen-bond donors (Lipinski definition) is 0. The first-order chi connectivity index (χ1) is 15.2. The summed E-state index contributed by atoms with van der Waals surface area (Å²) < 4.78 is 25.5. The molecule has 5 rings (SSSR count). The molecular weight excluding hydrogens is 397 g/mol. The molecule has 8 heteroatoms. The van der Waals surface area contributed by atoms with Gasteiger partial charge >= 0.3 is 0 Å². The van der Waals surface area contributed by atoms with Crippen molar-refractivity contribution in [1.29, 1.82) is 0 Å². The van der Waals surface area contributed by atoms with E-state index in [0.29, 0.717) is 23.8 Å². The van der Waals surface area contributed by atoms with Crippen molar-refractivity contribution < 1.29 is 13.5 Å². The third-order valence-electron chi connectivity index (χ3n) is 6.41. The third-order valence-corrected chi connectivity index (χ3v) is 6.41. The van der Waals surface area contributed by atoms with Crippen LogP contribution in [0.15, 0.2) is 41.1 Å². The highest BCUT2D eigenvalue weighted by molar-refractivity contribution is 5.55. The first kappa shape index (κ1) is 19.9. The molecule has 0 amide bonds. The Kier molecular flexibility index (Phi) is 5.53. The van der Waals surface area contributed by atoms with Gasteiger partial charge in [-0.15, -0.1) is 10.2 Å². The van der Waals surface area contributed by atoms with Crippen molar-refractivity contribution in [2.45, 2.75) is 32.6 Å². The van der Waals surface area contributed by atoms with E-state index in [0.717, 1.165) is 43.2 Å². The maximum absolute atomic E-state index is 14.4. The molecule has 162 valence electrons. The van der Waals surface area contributed by atoms with Gasteiger partial charge in [-0.25, -0.2) is 14.4 Å². The van der Waals surface area contributed by atoms with Crippen LogP contribution in [-0.4, -0.2) is 39.9 Å². The summed E-state index contributed by atoms with van der Waals surface area (Å²) in [7, 11) is 0. The van der Waals surface area contributed by atoms with Crippen molar-refractivity contribution in [3.05, 3.63) is 48.4 Å². The molecule has 1 aliphatic heterocycles. The molecule has 1 aromatic carbocycles. The van der Waals surface area contributed by atoms with E-state index < -0.39 is 5.82 Å². The molecule has 1 aliphatic carbocycles. The summed E-state index contributed by atoms with van der Waals surface area (Å²) in [5.74, 6) is 3.84. The number of aryl methyl sites for hydroxylation is 1. The van der Waals surface area contributed by atoms with Crippen LogP contribution >= 0.6 is 0 Å². The van der Waals surface area contributed by atoms with E-state index in [4.69, 9.17) is 9.15 Å². The van der Waals surface area contributed by atoms with Crippen molar-refractivity contribution in [3.8, 4) is 17.2 Å². The molecule has 2 aromatic heterocycles. The van der Waals surface area contributed by atoms with E-state index >= 15 is 0 Å². The zero-order chi connectivity index (χ0) is 21.2. The minimum absolute atomic E-state index is 0.187. The van der Waals surface area contributed by atoms with Gasteiger partial charge in [-0.1, -0.05) is 0 Å². The number of ether oxygens (including phenoxy) is 1. The van der Waals surface area contributed by atoms with Crippen LogP contribution in [0.2, 0.25) is 0 Å². The molecular formula is C23H26FN5O2. The Morgan fingerprint density at radius 2 is 1.97 bits per heavy atom. The van der Waals surface area contributed by atoms with Crippen LogP contribution in [-0.2, 0) is 0 Å². The highest BCUT2D eigenvalue weighted by atomic mass is 19.1. The summed E-state index contributed by atoms with van der Waals surface area (Å²) in [4.78, 5) is 11.0. The van der Waals surface area contributed by atoms with Crippen molar-refractivity contribution in [1.82, 2.24) is 20.2 Å². The molecule has 2 fully saturated rings. The van der Waals surface area contributed by atoms with Crippen LogP contribution in [0.5, 0.6) is 5.75 Å². The summed E-state index contributed by atoms with van der Waals surface area (Å²) in [6, 6.07) is 6.62. The van der Waals surface area contributed by atoms with Crippen molar-refractivity contribution in [3.63, 3.8) is 0 Å². The summed E-state index contributed by atoms with van der Waals surface area (Å²) in [5, 5.41) is 7.61. The summed E-state index contributed by atoms with van der Waals surface area (Å²) in [5.41, 5.74) is 0.294. The van der Waals surface area contributed by atoms with Gasteiger partial charge in [0.15, 0.2) is 0 Å². The normalized spacial score (nSPS) is 21.3. The quantitative estimate of drug-likeness (QED) is 0.561. The smallest absolute Gasteiger partial charge is 0.250 e. The summed E-state index contributed by atoms with van der Waals surface area (Å²) >= 11 is 0. The minimum Gasteiger partial charge on any atom is -0.493 e. The van der Waals surface area contributed by atoms with Gasteiger partial charge in [0.2, 0.25) is 11.8 Å². The van der Waals surface area contributed by atoms with E-state index in [1.807, 2.05) is 6.07 Å². The van der Waals surface area contributed by atoms with E-state index in [1.165, 1.54) is 25.3 Å². The van der Waals surface area contributed by atoms with Gasteiger partial charge in [0.1, 0.15) is 11.6 Å². The molecule has 0 unspecified atom stereocenters. The van der Waals surface area contributed by atoms with Crippen molar-refractivity contribution >= 4 is 5.95 Å². The van der Waals surface area contributed by atoms with E-state index in [1.54, 1.807) is 31.5 Å². The highest BCUT2D eigenvalue weighted by Gasteiger charge is 2.43.